The van der Waals surface area contributed by atoms with E-state index in [4.69, 9.17) is 0 Å². The fraction of sp³-hybridized carbons (Fsp3) is 0.250. The number of phenolic OH excluding ortho intramolecular Hbond substituents is 1. The number of hydroxylamine groups is 1. The fourth-order valence-electron chi connectivity index (χ4n) is 0.853. The Morgan fingerprint density at radius 2 is 2.00 bits per heavy atom. The van der Waals surface area contributed by atoms with Crippen molar-refractivity contribution < 1.29 is 10.3 Å². The van der Waals surface area contributed by atoms with Gasteiger partial charge >= 0.3 is 0 Å². The molecule has 1 rings (SSSR count). The zero-order valence-electron chi connectivity index (χ0n) is 6.36. The van der Waals surface area contributed by atoms with Crippen LogP contribution >= 0.6 is 0 Å². The average Bonchev–Trinajstić information content (AvgIpc) is 2.04. The molecule has 0 aliphatic carbocycles. The summed E-state index contributed by atoms with van der Waals surface area (Å²) in [6.45, 7) is 2.25. The molecule has 11 heavy (non-hydrogen) atoms. The summed E-state index contributed by atoms with van der Waals surface area (Å²) in [6.07, 6.45) is 0. The molecule has 0 atom stereocenters. The highest BCUT2D eigenvalue weighted by Crippen LogP contribution is 2.24. The van der Waals surface area contributed by atoms with Gasteiger partial charge in [0.15, 0.2) is 0 Å². The van der Waals surface area contributed by atoms with Gasteiger partial charge in [0.05, 0.1) is 0 Å². The van der Waals surface area contributed by atoms with Crippen LogP contribution in [0, 0.1) is 0 Å². The summed E-state index contributed by atoms with van der Waals surface area (Å²) < 4.78 is 0. The van der Waals surface area contributed by atoms with E-state index in [0.29, 0.717) is 12.2 Å². The number of anilines is 1. The van der Waals surface area contributed by atoms with Gasteiger partial charge in [-0.05, 0) is 19.1 Å². The summed E-state index contributed by atoms with van der Waals surface area (Å²) in [4.78, 5) is 0. The van der Waals surface area contributed by atoms with E-state index < -0.39 is 0 Å². The summed E-state index contributed by atoms with van der Waals surface area (Å²) in [5, 5.41) is 19.4. The second-order valence-corrected chi connectivity index (χ2v) is 2.20. The molecule has 1 aromatic carbocycles. The number of hydrogen-bond donors (Lipinski definition) is 2. The van der Waals surface area contributed by atoms with E-state index in [0.717, 1.165) is 5.06 Å². The number of benzene rings is 1. The first-order valence-corrected chi connectivity index (χ1v) is 3.50. The van der Waals surface area contributed by atoms with Crippen LogP contribution in [0.4, 0.5) is 5.69 Å². The van der Waals surface area contributed by atoms with Gasteiger partial charge in [-0.15, -0.1) is 0 Å². The zero-order valence-corrected chi connectivity index (χ0v) is 6.36. The van der Waals surface area contributed by atoms with Crippen LogP contribution in [0.25, 0.3) is 0 Å². The van der Waals surface area contributed by atoms with Crippen LogP contribution in [0.2, 0.25) is 0 Å². The van der Waals surface area contributed by atoms with E-state index >= 15 is 0 Å². The van der Waals surface area contributed by atoms with Crippen LogP contribution in [-0.4, -0.2) is 16.9 Å². The van der Waals surface area contributed by atoms with Crippen molar-refractivity contribution in [2.75, 3.05) is 11.6 Å². The zero-order chi connectivity index (χ0) is 8.27. The standard InChI is InChI=1S/C8H11NO2/c1-2-9(11)7-5-3-4-6-8(7)10/h3-6,10-11H,2H2,1H3. The smallest absolute Gasteiger partial charge is 0.141 e. The molecule has 0 heterocycles. The molecule has 0 aromatic heterocycles. The summed E-state index contributed by atoms with van der Waals surface area (Å²) in [5.74, 6) is 0.0943. The molecule has 2 N–H and O–H groups in total. The second kappa shape index (κ2) is 3.25. The van der Waals surface area contributed by atoms with Crippen molar-refractivity contribution in [2.24, 2.45) is 0 Å². The highest BCUT2D eigenvalue weighted by Gasteiger charge is 2.03. The fourth-order valence-corrected chi connectivity index (χ4v) is 0.853. The van der Waals surface area contributed by atoms with Crippen molar-refractivity contribution in [3.63, 3.8) is 0 Å². The highest BCUT2D eigenvalue weighted by atomic mass is 16.5. The van der Waals surface area contributed by atoms with Gasteiger partial charge in [-0.3, -0.25) is 10.3 Å². The van der Waals surface area contributed by atoms with E-state index in [1.165, 1.54) is 6.07 Å². The maximum absolute atomic E-state index is 9.21. The Kier molecular flexibility index (Phi) is 2.33. The SMILES string of the molecule is CCN(O)c1ccccc1O. The number of nitrogens with zero attached hydrogens (tertiary/aromatic N) is 1. The van der Waals surface area contributed by atoms with Gasteiger partial charge in [-0.2, -0.15) is 0 Å². The molecule has 0 aliphatic heterocycles. The number of phenols is 1. The molecule has 0 saturated heterocycles. The Balaban J connectivity index is 2.93. The van der Waals surface area contributed by atoms with Crippen molar-refractivity contribution in [2.45, 2.75) is 6.92 Å². The molecule has 0 aliphatic rings. The Bertz CT molecular complexity index is 237. The number of aromatic hydroxyl groups is 1. The van der Waals surface area contributed by atoms with Crippen LogP contribution in [0.5, 0.6) is 5.75 Å². The van der Waals surface area contributed by atoms with Gasteiger partial charge in [-0.1, -0.05) is 12.1 Å². The van der Waals surface area contributed by atoms with Crippen LogP contribution in [0.3, 0.4) is 0 Å². The van der Waals surface area contributed by atoms with Gasteiger partial charge in [0.2, 0.25) is 0 Å². The molecule has 0 spiro atoms. The van der Waals surface area contributed by atoms with E-state index in [-0.39, 0.29) is 5.75 Å². The lowest BCUT2D eigenvalue weighted by Gasteiger charge is -2.14. The molecule has 0 fully saturated rings. The van der Waals surface area contributed by atoms with Crippen LogP contribution in [-0.2, 0) is 0 Å². The van der Waals surface area contributed by atoms with Gasteiger partial charge in [-0.25, -0.2) is 0 Å². The van der Waals surface area contributed by atoms with E-state index in [2.05, 4.69) is 0 Å². The average molecular weight is 153 g/mol. The number of rotatable bonds is 2. The van der Waals surface area contributed by atoms with Crippen molar-refractivity contribution in [3.8, 4) is 5.75 Å². The van der Waals surface area contributed by atoms with E-state index in [1.54, 1.807) is 25.1 Å². The molecule has 0 bridgehead atoms. The molecule has 0 saturated carbocycles. The number of para-hydroxylation sites is 2. The molecule has 1 aromatic rings. The molecule has 0 amide bonds. The van der Waals surface area contributed by atoms with E-state index in [9.17, 15) is 10.3 Å². The topological polar surface area (TPSA) is 43.7 Å². The Morgan fingerprint density at radius 3 is 2.55 bits per heavy atom. The molecule has 3 nitrogen and oxygen atoms in total. The van der Waals surface area contributed by atoms with Crippen molar-refractivity contribution in [3.05, 3.63) is 24.3 Å². The van der Waals surface area contributed by atoms with Gasteiger partial charge in [0.25, 0.3) is 0 Å². The molecular formula is C8H11NO2. The minimum Gasteiger partial charge on any atom is -0.506 e. The highest BCUT2D eigenvalue weighted by molar-refractivity contribution is 5.55. The van der Waals surface area contributed by atoms with Crippen LogP contribution in [0.1, 0.15) is 6.92 Å². The summed E-state index contributed by atoms with van der Waals surface area (Å²) in [5.41, 5.74) is 0.440. The van der Waals surface area contributed by atoms with Crippen molar-refractivity contribution in [1.29, 1.82) is 0 Å². The Labute approximate surface area is 65.5 Å². The first-order valence-electron chi connectivity index (χ1n) is 3.50. The first-order chi connectivity index (χ1) is 5.25. The minimum absolute atomic E-state index is 0.0943. The molecular weight excluding hydrogens is 142 g/mol. The molecule has 0 unspecified atom stereocenters. The van der Waals surface area contributed by atoms with Crippen molar-refractivity contribution >= 4 is 5.69 Å². The maximum Gasteiger partial charge on any atom is 0.141 e. The quantitative estimate of drug-likeness (QED) is 0.634. The van der Waals surface area contributed by atoms with Gasteiger partial charge < -0.3 is 5.11 Å². The first kappa shape index (κ1) is 7.88. The number of hydrogen-bond acceptors (Lipinski definition) is 3. The predicted octanol–water partition coefficient (Wildman–Crippen LogP) is 1.61. The van der Waals surface area contributed by atoms with Crippen LogP contribution in [0.15, 0.2) is 24.3 Å². The normalized spacial score (nSPS) is 9.64. The predicted molar refractivity (Wildman–Crippen MR) is 42.9 cm³/mol. The third kappa shape index (κ3) is 1.62. The second-order valence-electron chi connectivity index (χ2n) is 2.20. The van der Waals surface area contributed by atoms with Crippen LogP contribution < -0.4 is 5.06 Å². The Morgan fingerprint density at radius 1 is 1.36 bits per heavy atom. The molecule has 60 valence electrons. The minimum atomic E-state index is 0.0943. The van der Waals surface area contributed by atoms with Crippen molar-refractivity contribution in [1.82, 2.24) is 0 Å². The lowest BCUT2D eigenvalue weighted by atomic mass is 10.3. The lowest BCUT2D eigenvalue weighted by molar-refractivity contribution is 0.256. The van der Waals surface area contributed by atoms with Gasteiger partial charge in [0.1, 0.15) is 11.4 Å². The lowest BCUT2D eigenvalue weighted by Crippen LogP contribution is -2.16. The van der Waals surface area contributed by atoms with E-state index in [1.807, 2.05) is 0 Å². The van der Waals surface area contributed by atoms with Gasteiger partial charge in [0, 0.05) is 6.54 Å². The largest absolute Gasteiger partial charge is 0.506 e. The third-order valence-electron chi connectivity index (χ3n) is 1.46. The monoisotopic (exact) mass is 153 g/mol. The molecule has 0 radical (unpaired) electrons. The Hall–Kier alpha value is -1.22. The third-order valence-corrected chi connectivity index (χ3v) is 1.46. The summed E-state index contributed by atoms with van der Waals surface area (Å²) >= 11 is 0. The summed E-state index contributed by atoms with van der Waals surface area (Å²) in [7, 11) is 0. The maximum atomic E-state index is 9.21. The summed E-state index contributed by atoms with van der Waals surface area (Å²) in [6, 6.07) is 6.66. The molecule has 3 heteroatoms.